The number of nitrogens with one attached hydrogen (secondary N) is 1. The van der Waals surface area contributed by atoms with E-state index in [1.165, 1.54) is 6.20 Å². The Balaban J connectivity index is 1.58. The van der Waals surface area contributed by atoms with E-state index in [1.807, 2.05) is 35.2 Å². The van der Waals surface area contributed by atoms with Crippen LogP contribution in [0.3, 0.4) is 0 Å². The third-order valence-corrected chi connectivity index (χ3v) is 4.70. The lowest BCUT2D eigenvalue weighted by Gasteiger charge is -2.32. The van der Waals surface area contributed by atoms with Crippen LogP contribution in [0.15, 0.2) is 41.3 Å². The van der Waals surface area contributed by atoms with Crippen molar-refractivity contribution in [1.82, 2.24) is 14.9 Å². The summed E-state index contributed by atoms with van der Waals surface area (Å²) in [5, 5.41) is 0.704. The Labute approximate surface area is 145 Å². The number of aromatic amines is 1. The summed E-state index contributed by atoms with van der Waals surface area (Å²) < 4.78 is 0. The fourth-order valence-electron chi connectivity index (χ4n) is 3.14. The number of piperidine rings is 1. The standard InChI is InChI=1S/C18H20ClN3O2/c19-15-6-3-13(4-7-15)5-8-17(23)22-11-1-2-14(12-22)16-9-10-20-18(24)21-16/h3-4,6-7,9-10,14H,1-2,5,8,11-12H2,(H,20,21,24)/t14-/m0/s1. The number of halogens is 1. The number of hydrogen-bond donors (Lipinski definition) is 1. The van der Waals surface area contributed by atoms with Crippen molar-refractivity contribution < 1.29 is 4.79 Å². The van der Waals surface area contributed by atoms with E-state index >= 15 is 0 Å². The Kier molecular flexibility index (Phi) is 5.30. The Morgan fingerprint density at radius 1 is 1.29 bits per heavy atom. The fraction of sp³-hybridized carbons (Fsp3) is 0.389. The summed E-state index contributed by atoms with van der Waals surface area (Å²) in [5.41, 5.74) is 1.64. The number of benzene rings is 1. The summed E-state index contributed by atoms with van der Waals surface area (Å²) >= 11 is 5.88. The second-order valence-electron chi connectivity index (χ2n) is 6.14. The van der Waals surface area contributed by atoms with Crippen molar-refractivity contribution in [3.05, 3.63) is 63.3 Å². The van der Waals surface area contributed by atoms with Gasteiger partial charge < -0.3 is 9.88 Å². The van der Waals surface area contributed by atoms with Gasteiger partial charge in [-0.05, 0) is 43.0 Å². The van der Waals surface area contributed by atoms with E-state index in [9.17, 15) is 9.59 Å². The van der Waals surface area contributed by atoms with E-state index in [0.29, 0.717) is 24.4 Å². The van der Waals surface area contributed by atoms with Crippen molar-refractivity contribution in [3.8, 4) is 0 Å². The van der Waals surface area contributed by atoms with Crippen LogP contribution >= 0.6 is 11.6 Å². The number of aryl methyl sites for hydroxylation is 1. The van der Waals surface area contributed by atoms with Crippen LogP contribution in [-0.2, 0) is 11.2 Å². The maximum absolute atomic E-state index is 12.5. The van der Waals surface area contributed by atoms with Crippen molar-refractivity contribution in [2.24, 2.45) is 0 Å². The Hall–Kier alpha value is -2.14. The summed E-state index contributed by atoms with van der Waals surface area (Å²) in [5.74, 6) is 0.333. The zero-order chi connectivity index (χ0) is 16.9. The van der Waals surface area contributed by atoms with Gasteiger partial charge in [0.25, 0.3) is 0 Å². The van der Waals surface area contributed by atoms with Crippen LogP contribution in [0.25, 0.3) is 0 Å². The van der Waals surface area contributed by atoms with Crippen molar-refractivity contribution in [1.29, 1.82) is 0 Å². The van der Waals surface area contributed by atoms with Crippen LogP contribution in [0.5, 0.6) is 0 Å². The molecule has 0 aliphatic carbocycles. The number of aromatic nitrogens is 2. The second kappa shape index (κ2) is 7.62. The van der Waals surface area contributed by atoms with Crippen molar-refractivity contribution in [2.75, 3.05) is 13.1 Å². The lowest BCUT2D eigenvalue weighted by atomic mass is 9.94. The SMILES string of the molecule is O=C(CCc1ccc(Cl)cc1)N1CCC[C@H](c2ccnc(=O)[nH]2)C1. The number of carbonyl (C=O) groups is 1. The smallest absolute Gasteiger partial charge is 0.342 e. The van der Waals surface area contributed by atoms with Crippen LogP contribution in [0.2, 0.25) is 5.02 Å². The van der Waals surface area contributed by atoms with Gasteiger partial charge in [0.15, 0.2) is 0 Å². The molecule has 5 nitrogen and oxygen atoms in total. The molecule has 1 saturated heterocycles. The molecular weight excluding hydrogens is 326 g/mol. The van der Waals surface area contributed by atoms with Crippen LogP contribution in [0.1, 0.15) is 36.4 Å². The maximum atomic E-state index is 12.5. The molecule has 0 radical (unpaired) electrons. The topological polar surface area (TPSA) is 66.1 Å². The van der Waals surface area contributed by atoms with Crippen LogP contribution < -0.4 is 5.69 Å². The number of amides is 1. The van der Waals surface area contributed by atoms with Gasteiger partial charge in [-0.2, -0.15) is 0 Å². The minimum absolute atomic E-state index is 0.158. The molecule has 1 fully saturated rings. The first kappa shape index (κ1) is 16.7. The molecule has 6 heteroatoms. The number of nitrogens with zero attached hydrogens (tertiary/aromatic N) is 2. The molecular formula is C18H20ClN3O2. The van der Waals surface area contributed by atoms with E-state index in [4.69, 9.17) is 11.6 Å². The zero-order valence-electron chi connectivity index (χ0n) is 13.4. The third-order valence-electron chi connectivity index (χ3n) is 4.45. The number of carbonyl (C=O) groups excluding carboxylic acids is 1. The van der Waals surface area contributed by atoms with Crippen molar-refractivity contribution in [2.45, 2.75) is 31.6 Å². The highest BCUT2D eigenvalue weighted by molar-refractivity contribution is 6.30. The first-order chi connectivity index (χ1) is 11.6. The Morgan fingerprint density at radius 2 is 2.08 bits per heavy atom. The number of rotatable bonds is 4. The third kappa shape index (κ3) is 4.23. The first-order valence-corrected chi connectivity index (χ1v) is 8.57. The van der Waals surface area contributed by atoms with E-state index in [0.717, 1.165) is 30.6 Å². The normalized spacial score (nSPS) is 17.7. The van der Waals surface area contributed by atoms with Gasteiger partial charge in [-0.25, -0.2) is 9.78 Å². The summed E-state index contributed by atoms with van der Waals surface area (Å²) in [4.78, 5) is 32.2. The highest BCUT2D eigenvalue weighted by atomic mass is 35.5. The van der Waals surface area contributed by atoms with Gasteiger partial charge in [0.1, 0.15) is 0 Å². The number of H-pyrrole nitrogens is 1. The maximum Gasteiger partial charge on any atom is 0.345 e. The molecule has 126 valence electrons. The predicted octanol–water partition coefficient (Wildman–Crippen LogP) is 2.76. The number of hydrogen-bond acceptors (Lipinski definition) is 3. The minimum atomic E-state index is -0.335. The molecule has 1 amide bonds. The van der Waals surface area contributed by atoms with E-state index in [2.05, 4.69) is 9.97 Å². The van der Waals surface area contributed by atoms with E-state index in [-0.39, 0.29) is 17.5 Å². The van der Waals surface area contributed by atoms with Crippen LogP contribution in [0, 0.1) is 0 Å². The molecule has 3 rings (SSSR count). The molecule has 1 N–H and O–H groups in total. The van der Waals surface area contributed by atoms with Gasteiger partial charge in [0, 0.05) is 42.3 Å². The molecule has 1 aromatic carbocycles. The molecule has 0 unspecified atom stereocenters. The van der Waals surface area contributed by atoms with Crippen molar-refractivity contribution in [3.63, 3.8) is 0 Å². The lowest BCUT2D eigenvalue weighted by molar-refractivity contribution is -0.132. The summed E-state index contributed by atoms with van der Waals surface area (Å²) in [6, 6.07) is 9.43. The molecule has 1 aliphatic rings. The van der Waals surface area contributed by atoms with Crippen LogP contribution in [-0.4, -0.2) is 33.9 Å². The summed E-state index contributed by atoms with van der Waals surface area (Å²) in [7, 11) is 0. The van der Waals surface area contributed by atoms with Gasteiger partial charge in [-0.3, -0.25) is 4.79 Å². The predicted molar refractivity (Wildman–Crippen MR) is 93.2 cm³/mol. The van der Waals surface area contributed by atoms with Crippen molar-refractivity contribution >= 4 is 17.5 Å². The van der Waals surface area contributed by atoms with Gasteiger partial charge >= 0.3 is 5.69 Å². The molecule has 2 heterocycles. The zero-order valence-corrected chi connectivity index (χ0v) is 14.1. The Morgan fingerprint density at radius 3 is 2.83 bits per heavy atom. The first-order valence-electron chi connectivity index (χ1n) is 8.19. The largest absolute Gasteiger partial charge is 0.345 e. The monoisotopic (exact) mass is 345 g/mol. The fourth-order valence-corrected chi connectivity index (χ4v) is 3.26. The molecule has 1 aliphatic heterocycles. The highest BCUT2D eigenvalue weighted by Crippen LogP contribution is 2.25. The van der Waals surface area contributed by atoms with Gasteiger partial charge in [0.05, 0.1) is 0 Å². The van der Waals surface area contributed by atoms with Gasteiger partial charge in [-0.1, -0.05) is 23.7 Å². The summed E-state index contributed by atoms with van der Waals surface area (Å²) in [6.07, 6.45) is 4.64. The molecule has 1 aromatic heterocycles. The minimum Gasteiger partial charge on any atom is -0.342 e. The lowest BCUT2D eigenvalue weighted by Crippen LogP contribution is -2.39. The molecule has 24 heavy (non-hydrogen) atoms. The van der Waals surface area contributed by atoms with Gasteiger partial charge in [0.2, 0.25) is 5.91 Å². The summed E-state index contributed by atoms with van der Waals surface area (Å²) in [6.45, 7) is 1.44. The molecule has 1 atom stereocenters. The quantitative estimate of drug-likeness (QED) is 0.926. The molecule has 2 aromatic rings. The average Bonchev–Trinajstić information content (AvgIpc) is 2.61. The van der Waals surface area contributed by atoms with Gasteiger partial charge in [-0.15, -0.1) is 0 Å². The Bertz CT molecular complexity index is 757. The second-order valence-corrected chi connectivity index (χ2v) is 6.57. The molecule has 0 bridgehead atoms. The van der Waals surface area contributed by atoms with Crippen LogP contribution in [0.4, 0.5) is 0 Å². The number of likely N-dealkylation sites (tertiary alicyclic amines) is 1. The highest BCUT2D eigenvalue weighted by Gasteiger charge is 2.25. The molecule has 0 saturated carbocycles. The average molecular weight is 346 g/mol. The van der Waals surface area contributed by atoms with E-state index < -0.39 is 0 Å². The van der Waals surface area contributed by atoms with E-state index in [1.54, 1.807) is 0 Å². The molecule has 0 spiro atoms.